The number of benzene rings is 3. The zero-order valence-electron chi connectivity index (χ0n) is 29.9. The second-order valence-corrected chi connectivity index (χ2v) is 19.7. The van der Waals surface area contributed by atoms with Crippen molar-refractivity contribution in [3.63, 3.8) is 0 Å². The summed E-state index contributed by atoms with van der Waals surface area (Å²) in [7, 11) is 0. The van der Waals surface area contributed by atoms with Crippen LogP contribution in [-0.4, -0.2) is 0 Å². The van der Waals surface area contributed by atoms with Crippen LogP contribution in [0.1, 0.15) is 200 Å². The minimum absolute atomic E-state index is 0.214. The Balaban J connectivity index is 1.47. The van der Waals surface area contributed by atoms with E-state index in [1.807, 2.05) is 0 Å². The summed E-state index contributed by atoms with van der Waals surface area (Å²) in [5.41, 5.74) is 20.6. The molecule has 44 heavy (non-hydrogen) atoms. The average molecular weight is 585 g/mol. The molecule has 0 radical (unpaired) electrons. The molecule has 3 aromatic carbocycles. The molecule has 3 aromatic rings. The lowest BCUT2D eigenvalue weighted by molar-refractivity contribution is 0.328. The van der Waals surface area contributed by atoms with E-state index >= 15 is 0 Å². The summed E-state index contributed by atoms with van der Waals surface area (Å²) in [6, 6.07) is 16.3. The predicted molar refractivity (Wildman–Crippen MR) is 187 cm³/mol. The maximum Gasteiger partial charge on any atom is 0.0349 e. The number of rotatable bonds is 0. The molecular formula is C44H56. The monoisotopic (exact) mass is 584 g/mol. The zero-order valence-corrected chi connectivity index (χ0v) is 29.9. The highest BCUT2D eigenvalue weighted by Crippen LogP contribution is 2.62. The molecule has 0 fully saturated rings. The van der Waals surface area contributed by atoms with Gasteiger partial charge in [-0.05, 0) is 138 Å². The Morgan fingerprint density at radius 3 is 0.568 bits per heavy atom. The minimum Gasteiger partial charge on any atom is -0.0558 e. The van der Waals surface area contributed by atoms with E-state index < -0.39 is 0 Å². The zero-order chi connectivity index (χ0) is 31.6. The van der Waals surface area contributed by atoms with E-state index in [1.165, 1.54) is 38.5 Å². The van der Waals surface area contributed by atoms with E-state index in [2.05, 4.69) is 119 Å². The van der Waals surface area contributed by atoms with Gasteiger partial charge in [0.25, 0.3) is 0 Å². The number of fused-ring (bicyclic) bond motifs is 3. The van der Waals surface area contributed by atoms with Gasteiger partial charge in [0.15, 0.2) is 0 Å². The standard InChI is InChI=1S/C44H56/c1-39(2)13-14-40(3,4)32-20-26-25(19-31(32)39)37-27-21-33-35(43(9,10)17-15-41(33,5)6)23-29(27)38(26)30-24-36-34(22-28(30)37)42(7,8)16-18-44(36,11)12/h19-24,37-38H,13-18H2,1-12H3. The van der Waals surface area contributed by atoms with Crippen molar-refractivity contribution in [2.75, 3.05) is 0 Å². The lowest BCUT2D eigenvalue weighted by atomic mass is 9.53. The molecule has 0 saturated carbocycles. The molecule has 0 aromatic heterocycles. The highest BCUT2D eigenvalue weighted by atomic mass is 14.5. The molecule has 0 atom stereocenters. The highest BCUT2D eigenvalue weighted by Gasteiger charge is 2.49. The van der Waals surface area contributed by atoms with Crippen molar-refractivity contribution in [2.45, 2.75) is 166 Å². The fourth-order valence-electron chi connectivity index (χ4n) is 10.4. The van der Waals surface area contributed by atoms with Crippen LogP contribution in [0.15, 0.2) is 36.4 Å². The van der Waals surface area contributed by atoms with Crippen molar-refractivity contribution >= 4 is 0 Å². The van der Waals surface area contributed by atoms with Gasteiger partial charge >= 0.3 is 0 Å². The average Bonchev–Trinajstić information content (AvgIpc) is 2.94. The third kappa shape index (κ3) is 3.69. The predicted octanol–water partition coefficient (Wildman–Crippen LogP) is 11.7. The third-order valence-electron chi connectivity index (χ3n) is 14.0. The lowest BCUT2D eigenvalue weighted by Gasteiger charge is -2.50. The fraction of sp³-hybridized carbons (Fsp3) is 0.591. The Hall–Kier alpha value is -2.34. The Bertz CT molecular complexity index is 1430. The van der Waals surface area contributed by atoms with Crippen LogP contribution in [0.25, 0.3) is 0 Å². The molecule has 9 rings (SSSR count). The molecular weight excluding hydrogens is 528 g/mol. The Labute approximate surface area is 268 Å². The molecule has 6 aliphatic carbocycles. The summed E-state index contributed by atoms with van der Waals surface area (Å²) >= 11 is 0. The Morgan fingerprint density at radius 1 is 0.295 bits per heavy atom. The van der Waals surface area contributed by atoms with Crippen LogP contribution in [0, 0.1) is 0 Å². The summed E-state index contributed by atoms with van der Waals surface area (Å²) in [6.45, 7) is 30.0. The normalized spacial score (nSPS) is 28.1. The Kier molecular flexibility index (Phi) is 5.50. The second-order valence-electron chi connectivity index (χ2n) is 19.7. The van der Waals surface area contributed by atoms with Gasteiger partial charge in [-0.25, -0.2) is 0 Å². The topological polar surface area (TPSA) is 0 Å². The smallest absolute Gasteiger partial charge is 0.0349 e. The molecule has 0 unspecified atom stereocenters. The highest BCUT2D eigenvalue weighted by molar-refractivity contribution is 5.72. The SMILES string of the molecule is CC1(C)CCC(C)(C)c2cc3c(cc21)C1c2cc4c(cc2C3c2cc3c(cc21)C(C)(C)CCC3(C)C)C(C)(C)CCC4(C)C. The maximum absolute atomic E-state index is 2.72. The fourth-order valence-corrected chi connectivity index (χ4v) is 10.4. The van der Waals surface area contributed by atoms with Gasteiger partial charge in [0.2, 0.25) is 0 Å². The van der Waals surface area contributed by atoms with Crippen LogP contribution in [0.4, 0.5) is 0 Å². The van der Waals surface area contributed by atoms with Gasteiger partial charge in [0.1, 0.15) is 0 Å². The first-order chi connectivity index (χ1) is 20.3. The van der Waals surface area contributed by atoms with Crippen molar-refractivity contribution in [3.8, 4) is 0 Å². The molecule has 0 spiro atoms. The molecule has 0 N–H and O–H groups in total. The van der Waals surface area contributed by atoms with E-state index in [4.69, 9.17) is 0 Å². The third-order valence-corrected chi connectivity index (χ3v) is 14.0. The molecule has 6 aliphatic rings. The lowest BCUT2D eigenvalue weighted by Crippen LogP contribution is -2.39. The van der Waals surface area contributed by atoms with Crippen LogP contribution in [0.5, 0.6) is 0 Å². The summed E-state index contributed by atoms with van der Waals surface area (Å²) in [6.07, 6.45) is 7.59. The first-order valence-electron chi connectivity index (χ1n) is 17.8. The van der Waals surface area contributed by atoms with Crippen LogP contribution in [0.2, 0.25) is 0 Å². The molecule has 0 saturated heterocycles. The first-order valence-corrected chi connectivity index (χ1v) is 17.8. The molecule has 2 bridgehead atoms. The minimum atomic E-state index is 0.214. The van der Waals surface area contributed by atoms with Crippen molar-refractivity contribution in [1.29, 1.82) is 0 Å². The quantitative estimate of drug-likeness (QED) is 0.170. The molecule has 0 aliphatic heterocycles. The number of hydrogen-bond acceptors (Lipinski definition) is 0. The first kappa shape index (κ1) is 29.1. The van der Waals surface area contributed by atoms with E-state index in [0.717, 1.165) is 0 Å². The Morgan fingerprint density at radius 2 is 0.432 bits per heavy atom. The van der Waals surface area contributed by atoms with Crippen molar-refractivity contribution in [3.05, 3.63) is 103 Å². The summed E-state index contributed by atoms with van der Waals surface area (Å²) in [4.78, 5) is 0. The van der Waals surface area contributed by atoms with Gasteiger partial charge in [-0.3, -0.25) is 0 Å². The summed E-state index contributed by atoms with van der Waals surface area (Å²) < 4.78 is 0. The van der Waals surface area contributed by atoms with Gasteiger partial charge in [-0.2, -0.15) is 0 Å². The van der Waals surface area contributed by atoms with Gasteiger partial charge in [-0.1, -0.05) is 119 Å². The van der Waals surface area contributed by atoms with Crippen molar-refractivity contribution in [1.82, 2.24) is 0 Å². The van der Waals surface area contributed by atoms with Crippen LogP contribution in [0.3, 0.4) is 0 Å². The second kappa shape index (κ2) is 8.32. The van der Waals surface area contributed by atoms with E-state index in [9.17, 15) is 0 Å². The van der Waals surface area contributed by atoms with E-state index in [-0.39, 0.29) is 32.5 Å². The molecule has 0 amide bonds. The summed E-state index contributed by atoms with van der Waals surface area (Å²) in [5.74, 6) is 0.645. The van der Waals surface area contributed by atoms with Crippen molar-refractivity contribution in [2.24, 2.45) is 0 Å². The van der Waals surface area contributed by atoms with Crippen LogP contribution in [-0.2, 0) is 32.5 Å². The maximum atomic E-state index is 2.72. The van der Waals surface area contributed by atoms with Crippen LogP contribution < -0.4 is 0 Å². The largest absolute Gasteiger partial charge is 0.0558 e. The molecule has 232 valence electrons. The van der Waals surface area contributed by atoms with E-state index in [1.54, 1.807) is 66.8 Å². The number of hydrogen-bond donors (Lipinski definition) is 0. The van der Waals surface area contributed by atoms with Crippen LogP contribution >= 0.6 is 0 Å². The molecule has 0 heterocycles. The van der Waals surface area contributed by atoms with Gasteiger partial charge < -0.3 is 0 Å². The van der Waals surface area contributed by atoms with Gasteiger partial charge in [0.05, 0.1) is 0 Å². The van der Waals surface area contributed by atoms with Crippen molar-refractivity contribution < 1.29 is 0 Å². The van der Waals surface area contributed by atoms with E-state index in [0.29, 0.717) is 11.8 Å². The van der Waals surface area contributed by atoms with Gasteiger partial charge in [-0.15, -0.1) is 0 Å². The molecule has 0 heteroatoms. The summed E-state index contributed by atoms with van der Waals surface area (Å²) in [5, 5.41) is 0. The molecule has 0 nitrogen and oxygen atoms in total. The van der Waals surface area contributed by atoms with Gasteiger partial charge in [0, 0.05) is 11.8 Å².